The van der Waals surface area contributed by atoms with E-state index in [1.165, 1.54) is 20.8 Å². The molecule has 0 aromatic heterocycles. The van der Waals surface area contributed by atoms with Gasteiger partial charge in [0.05, 0.1) is 18.6 Å². The van der Waals surface area contributed by atoms with Crippen LogP contribution in [0.4, 0.5) is 26.3 Å². The Kier molecular flexibility index (Phi) is 7.55. The van der Waals surface area contributed by atoms with Crippen molar-refractivity contribution in [2.45, 2.75) is 78.9 Å². The number of carbonyl (C=O) groups excluding carboxylic acids is 2. The first-order valence-electron chi connectivity index (χ1n) is 9.33. The molecule has 1 aliphatic heterocycles. The fraction of sp³-hybridized carbons (Fsp3) is 0.895. The third-order valence-electron chi connectivity index (χ3n) is 4.89. The van der Waals surface area contributed by atoms with Crippen LogP contribution in [-0.2, 0) is 23.8 Å². The molecule has 0 N–H and O–H groups in total. The minimum Gasteiger partial charge on any atom is -0.463 e. The van der Waals surface area contributed by atoms with Crippen molar-refractivity contribution >= 4 is 11.9 Å². The Morgan fingerprint density at radius 1 is 1.03 bits per heavy atom. The maximum Gasteiger partial charge on any atom is 0.423 e. The molecule has 5 nitrogen and oxygen atoms in total. The lowest BCUT2D eigenvalue weighted by atomic mass is 9.60. The summed E-state index contributed by atoms with van der Waals surface area (Å²) in [4.78, 5) is 24.8. The topological polar surface area (TPSA) is 61.8 Å². The summed E-state index contributed by atoms with van der Waals surface area (Å²) in [5.74, 6) is -1.91. The van der Waals surface area contributed by atoms with Gasteiger partial charge in [0.25, 0.3) is 0 Å². The van der Waals surface area contributed by atoms with Gasteiger partial charge < -0.3 is 14.2 Å². The zero-order valence-electron chi connectivity index (χ0n) is 17.8. The highest BCUT2D eigenvalue weighted by Crippen LogP contribution is 2.49. The van der Waals surface area contributed by atoms with Gasteiger partial charge >= 0.3 is 24.3 Å². The number of rotatable bonds is 6. The van der Waals surface area contributed by atoms with E-state index in [1.807, 2.05) is 0 Å². The van der Waals surface area contributed by atoms with Gasteiger partial charge in [0.15, 0.2) is 0 Å². The minimum absolute atomic E-state index is 0.000704. The Balaban J connectivity index is 3.36. The highest BCUT2D eigenvalue weighted by molar-refractivity contribution is 5.84. The molecule has 2 unspecified atom stereocenters. The molecule has 0 amide bonds. The minimum atomic E-state index is -5.72. The van der Waals surface area contributed by atoms with Crippen LogP contribution >= 0.6 is 0 Å². The molecule has 0 aromatic rings. The number of ether oxygens (including phenoxy) is 3. The van der Waals surface area contributed by atoms with Crippen LogP contribution in [0.3, 0.4) is 0 Å². The molecule has 1 aliphatic rings. The van der Waals surface area contributed by atoms with Crippen LogP contribution in [0.2, 0.25) is 0 Å². The molecule has 2 atom stereocenters. The van der Waals surface area contributed by atoms with Gasteiger partial charge in [-0.2, -0.15) is 26.3 Å². The molecule has 0 bridgehead atoms. The Labute approximate surface area is 171 Å². The van der Waals surface area contributed by atoms with E-state index >= 15 is 0 Å². The molecule has 0 aliphatic carbocycles. The molecule has 1 fully saturated rings. The Bertz CT molecular complexity index is 615. The fourth-order valence-electron chi connectivity index (χ4n) is 3.30. The van der Waals surface area contributed by atoms with Gasteiger partial charge in [-0.15, -0.1) is 0 Å². The average molecular weight is 450 g/mol. The van der Waals surface area contributed by atoms with Gasteiger partial charge in [0.1, 0.15) is 0 Å². The summed E-state index contributed by atoms with van der Waals surface area (Å²) in [6.45, 7) is 8.31. The molecular weight excluding hydrogens is 422 g/mol. The van der Waals surface area contributed by atoms with E-state index < -0.39 is 59.4 Å². The second-order valence-electron chi connectivity index (χ2n) is 9.69. The number of esters is 2. The number of alkyl halides is 6. The summed E-state index contributed by atoms with van der Waals surface area (Å²) in [5.41, 5.74) is -3.76. The predicted octanol–water partition coefficient (Wildman–Crippen LogP) is 4.82. The second kappa shape index (κ2) is 8.55. The maximum atomic E-state index is 13.1. The van der Waals surface area contributed by atoms with Crippen molar-refractivity contribution in [3.8, 4) is 0 Å². The fourth-order valence-corrected chi connectivity index (χ4v) is 3.30. The quantitative estimate of drug-likeness (QED) is 0.429. The summed E-state index contributed by atoms with van der Waals surface area (Å²) in [5, 5.41) is 0. The molecule has 1 rings (SSSR count). The van der Waals surface area contributed by atoms with Crippen LogP contribution in [-0.4, -0.2) is 49.7 Å². The van der Waals surface area contributed by atoms with Crippen LogP contribution < -0.4 is 0 Å². The molecule has 0 aromatic carbocycles. The van der Waals surface area contributed by atoms with Crippen molar-refractivity contribution in [3.63, 3.8) is 0 Å². The van der Waals surface area contributed by atoms with E-state index in [4.69, 9.17) is 9.47 Å². The van der Waals surface area contributed by atoms with Crippen molar-refractivity contribution in [1.29, 1.82) is 0 Å². The van der Waals surface area contributed by atoms with Crippen LogP contribution in [0.1, 0.15) is 54.4 Å². The first-order valence-corrected chi connectivity index (χ1v) is 9.33. The Hall–Kier alpha value is -1.52. The second-order valence-corrected chi connectivity index (χ2v) is 9.69. The average Bonchev–Trinajstić information content (AvgIpc) is 2.86. The number of cyclic esters (lactones) is 1. The summed E-state index contributed by atoms with van der Waals surface area (Å²) in [6, 6.07) is 0. The maximum absolute atomic E-state index is 13.1. The molecule has 1 saturated heterocycles. The summed E-state index contributed by atoms with van der Waals surface area (Å²) >= 11 is 0. The molecule has 0 saturated carbocycles. The molecule has 30 heavy (non-hydrogen) atoms. The van der Waals surface area contributed by atoms with Gasteiger partial charge in [0.2, 0.25) is 12.2 Å². The smallest absolute Gasteiger partial charge is 0.423 e. The Morgan fingerprint density at radius 2 is 1.53 bits per heavy atom. The van der Waals surface area contributed by atoms with E-state index in [1.54, 1.807) is 20.8 Å². The van der Waals surface area contributed by atoms with Gasteiger partial charge in [-0.3, -0.25) is 4.79 Å². The molecule has 176 valence electrons. The summed E-state index contributed by atoms with van der Waals surface area (Å²) in [7, 11) is 0. The molecule has 0 radical (unpaired) electrons. The van der Waals surface area contributed by atoms with E-state index in [-0.39, 0.29) is 19.4 Å². The lowest BCUT2D eigenvalue weighted by Gasteiger charge is -2.46. The largest absolute Gasteiger partial charge is 0.463 e. The van der Waals surface area contributed by atoms with Gasteiger partial charge in [0, 0.05) is 6.42 Å². The van der Waals surface area contributed by atoms with Gasteiger partial charge in [-0.05, 0) is 17.3 Å². The predicted molar refractivity (Wildman–Crippen MR) is 93.3 cm³/mol. The summed E-state index contributed by atoms with van der Waals surface area (Å²) in [6.07, 6.45) is -16.9. The lowest BCUT2D eigenvalue weighted by molar-refractivity contribution is -0.328. The zero-order valence-corrected chi connectivity index (χ0v) is 17.8. The van der Waals surface area contributed by atoms with E-state index in [2.05, 4.69) is 4.74 Å². The molecule has 0 spiro atoms. The SMILES string of the molecule is CC(C)(C)CC(COC(C(F)(F)F)C(F)(F)F)(C(=O)OC1CCOC1=O)C(C)(C)C. The number of halogens is 6. The van der Waals surface area contributed by atoms with Crippen LogP contribution in [0.15, 0.2) is 0 Å². The van der Waals surface area contributed by atoms with Crippen LogP contribution in [0, 0.1) is 16.2 Å². The van der Waals surface area contributed by atoms with E-state index in [0.29, 0.717) is 0 Å². The first kappa shape index (κ1) is 26.5. The number of hydrogen-bond donors (Lipinski definition) is 0. The van der Waals surface area contributed by atoms with Crippen molar-refractivity contribution < 1.29 is 50.1 Å². The third kappa shape index (κ3) is 6.49. The van der Waals surface area contributed by atoms with E-state index in [9.17, 15) is 35.9 Å². The zero-order chi connectivity index (χ0) is 23.8. The monoisotopic (exact) mass is 450 g/mol. The van der Waals surface area contributed by atoms with Crippen molar-refractivity contribution in [2.75, 3.05) is 13.2 Å². The van der Waals surface area contributed by atoms with Crippen LogP contribution in [0.25, 0.3) is 0 Å². The number of carbonyl (C=O) groups is 2. The third-order valence-corrected chi connectivity index (χ3v) is 4.89. The molecular formula is C19H28F6O5. The van der Waals surface area contributed by atoms with Crippen molar-refractivity contribution in [2.24, 2.45) is 16.2 Å². The van der Waals surface area contributed by atoms with Crippen LogP contribution in [0.5, 0.6) is 0 Å². The van der Waals surface area contributed by atoms with E-state index in [0.717, 1.165) is 0 Å². The number of hydrogen-bond acceptors (Lipinski definition) is 5. The Morgan fingerprint density at radius 3 is 1.87 bits per heavy atom. The lowest BCUT2D eigenvalue weighted by Crippen LogP contribution is -2.54. The van der Waals surface area contributed by atoms with Crippen molar-refractivity contribution in [1.82, 2.24) is 0 Å². The van der Waals surface area contributed by atoms with Gasteiger partial charge in [-0.25, -0.2) is 4.79 Å². The molecule has 1 heterocycles. The highest BCUT2D eigenvalue weighted by atomic mass is 19.4. The summed E-state index contributed by atoms with van der Waals surface area (Å²) < 4.78 is 92.2. The van der Waals surface area contributed by atoms with Gasteiger partial charge in [-0.1, -0.05) is 41.5 Å². The molecule has 11 heteroatoms. The highest BCUT2D eigenvalue weighted by Gasteiger charge is 2.61. The normalized spacial score (nSPS) is 20.8. The first-order chi connectivity index (χ1) is 13.2. The van der Waals surface area contributed by atoms with Crippen molar-refractivity contribution in [3.05, 3.63) is 0 Å². The standard InChI is InChI=1S/C19H28F6O5/c1-15(2,3)9-17(16(4,5)6,14(27)30-11-7-8-28-12(11)26)10-29-13(18(20,21)22)19(23,24)25/h11,13H,7-10H2,1-6H3.